The molecule has 3 aliphatic heterocycles. The molecule has 0 saturated carbocycles. The van der Waals surface area contributed by atoms with Crippen LogP contribution in [0.3, 0.4) is 0 Å². The summed E-state index contributed by atoms with van der Waals surface area (Å²) in [5.74, 6) is 0.196. The molecule has 1 N–H and O–H groups in total. The van der Waals surface area contributed by atoms with Crippen LogP contribution in [-0.2, 0) is 9.53 Å². The minimum absolute atomic E-state index is 0.191. The Bertz CT molecular complexity index is 596. The van der Waals surface area contributed by atoms with E-state index in [1.54, 1.807) is 0 Å². The van der Waals surface area contributed by atoms with Crippen LogP contribution < -0.4 is 5.32 Å². The molecule has 0 aliphatic carbocycles. The number of carbonyl (C=O) groups is 1. The Morgan fingerprint density at radius 1 is 1.29 bits per heavy atom. The number of rotatable bonds is 3. The quantitative estimate of drug-likeness (QED) is 0.923. The molecule has 1 aromatic rings. The van der Waals surface area contributed by atoms with Gasteiger partial charge in [0, 0.05) is 26.0 Å². The smallest absolute Gasteiger partial charge is 0.231 e. The lowest BCUT2D eigenvalue weighted by Crippen LogP contribution is -2.53. The van der Waals surface area contributed by atoms with E-state index in [-0.39, 0.29) is 11.3 Å². The fourth-order valence-electron chi connectivity index (χ4n) is 4.56. The van der Waals surface area contributed by atoms with E-state index in [1.165, 1.54) is 0 Å². The van der Waals surface area contributed by atoms with Crippen molar-refractivity contribution in [1.82, 2.24) is 14.7 Å². The zero-order valence-corrected chi connectivity index (χ0v) is 14.6. The van der Waals surface area contributed by atoms with E-state index in [9.17, 15) is 4.79 Å². The largest absolute Gasteiger partial charge is 0.381 e. The molecule has 2 bridgehead atoms. The highest BCUT2D eigenvalue weighted by molar-refractivity contribution is 5.96. The van der Waals surface area contributed by atoms with Crippen molar-refractivity contribution in [3.8, 4) is 0 Å². The van der Waals surface area contributed by atoms with E-state index in [0.717, 1.165) is 82.8 Å². The van der Waals surface area contributed by atoms with Crippen molar-refractivity contribution in [2.45, 2.75) is 51.5 Å². The van der Waals surface area contributed by atoms with Crippen molar-refractivity contribution in [3.05, 3.63) is 11.9 Å². The predicted molar refractivity (Wildman–Crippen MR) is 92.0 cm³/mol. The molecule has 1 aromatic heterocycles. The number of nitrogens with zero attached hydrogens (tertiary/aromatic N) is 3. The first-order valence-electron chi connectivity index (χ1n) is 9.34. The molecule has 24 heavy (non-hydrogen) atoms. The highest BCUT2D eigenvalue weighted by Gasteiger charge is 2.44. The molecule has 3 fully saturated rings. The molecule has 6 heteroatoms. The summed E-state index contributed by atoms with van der Waals surface area (Å²) in [5, 5.41) is 7.85. The summed E-state index contributed by atoms with van der Waals surface area (Å²) in [6, 6.07) is 0.390. The fraction of sp³-hybridized carbons (Fsp3) is 0.778. The van der Waals surface area contributed by atoms with Crippen molar-refractivity contribution in [2.75, 3.05) is 38.2 Å². The molecule has 1 amide bonds. The van der Waals surface area contributed by atoms with Gasteiger partial charge in [-0.3, -0.25) is 9.48 Å². The summed E-state index contributed by atoms with van der Waals surface area (Å²) in [5.41, 5.74) is 1.60. The summed E-state index contributed by atoms with van der Waals surface area (Å²) >= 11 is 0. The Hall–Kier alpha value is -1.40. The molecule has 0 unspecified atom stereocenters. The van der Waals surface area contributed by atoms with Crippen molar-refractivity contribution >= 4 is 11.6 Å². The monoisotopic (exact) mass is 332 g/mol. The lowest BCUT2D eigenvalue weighted by Gasteiger charge is -2.45. The predicted octanol–water partition coefficient (Wildman–Crippen LogP) is 2.36. The number of piperidine rings is 2. The van der Waals surface area contributed by atoms with E-state index in [2.05, 4.69) is 15.3 Å². The zero-order valence-electron chi connectivity index (χ0n) is 14.6. The van der Waals surface area contributed by atoms with Gasteiger partial charge >= 0.3 is 0 Å². The van der Waals surface area contributed by atoms with Crippen LogP contribution in [0.1, 0.15) is 50.3 Å². The number of ether oxygens (including phenoxy) is 1. The van der Waals surface area contributed by atoms with Crippen molar-refractivity contribution in [1.29, 1.82) is 0 Å². The summed E-state index contributed by atoms with van der Waals surface area (Å²) in [4.78, 5) is 15.5. The Morgan fingerprint density at radius 3 is 2.71 bits per heavy atom. The van der Waals surface area contributed by atoms with E-state index in [1.807, 2.05) is 17.8 Å². The van der Waals surface area contributed by atoms with Gasteiger partial charge in [0.25, 0.3) is 0 Å². The number of carbonyl (C=O) groups excluding carboxylic acids is 1. The summed E-state index contributed by atoms with van der Waals surface area (Å²) in [7, 11) is 0. The summed E-state index contributed by atoms with van der Waals surface area (Å²) in [6.07, 6.45) is 8.30. The second kappa shape index (κ2) is 6.48. The number of nitrogens with one attached hydrogen (secondary N) is 1. The number of hydrogen-bond donors (Lipinski definition) is 1. The SMILES string of the molecule is Cc1nn(C2CCOCC2)cc1NC(=O)C12CCCN(CCC1)C2. The minimum atomic E-state index is -0.191. The fourth-order valence-corrected chi connectivity index (χ4v) is 4.56. The number of anilines is 1. The van der Waals surface area contributed by atoms with Gasteiger partial charge in [-0.05, 0) is 58.5 Å². The Balaban J connectivity index is 1.48. The molecule has 4 rings (SSSR count). The molecule has 4 heterocycles. The van der Waals surface area contributed by atoms with Crippen LogP contribution in [0.25, 0.3) is 0 Å². The molecule has 132 valence electrons. The molecule has 6 nitrogen and oxygen atoms in total. The topological polar surface area (TPSA) is 59.4 Å². The van der Waals surface area contributed by atoms with Crippen LogP contribution in [0, 0.1) is 12.3 Å². The molecule has 0 radical (unpaired) electrons. The minimum Gasteiger partial charge on any atom is -0.381 e. The van der Waals surface area contributed by atoms with Gasteiger partial charge in [-0.15, -0.1) is 0 Å². The van der Waals surface area contributed by atoms with E-state index < -0.39 is 0 Å². The Kier molecular flexibility index (Phi) is 4.35. The molecule has 0 atom stereocenters. The lowest BCUT2D eigenvalue weighted by atomic mass is 9.73. The van der Waals surface area contributed by atoms with Crippen molar-refractivity contribution < 1.29 is 9.53 Å². The first-order valence-corrected chi connectivity index (χ1v) is 9.34. The average Bonchev–Trinajstić information content (AvgIpc) is 2.96. The number of fused-ring (bicyclic) bond motifs is 2. The van der Waals surface area contributed by atoms with Crippen molar-refractivity contribution in [3.63, 3.8) is 0 Å². The van der Waals surface area contributed by atoms with E-state index in [4.69, 9.17) is 4.74 Å². The molecule has 0 aromatic carbocycles. The van der Waals surface area contributed by atoms with Gasteiger partial charge in [0.05, 0.1) is 22.8 Å². The van der Waals surface area contributed by atoms with Crippen LogP contribution in [-0.4, -0.2) is 53.4 Å². The van der Waals surface area contributed by atoms with Gasteiger partial charge in [0.1, 0.15) is 0 Å². The van der Waals surface area contributed by atoms with Gasteiger partial charge < -0.3 is 15.0 Å². The number of aryl methyl sites for hydroxylation is 1. The van der Waals surface area contributed by atoms with Gasteiger partial charge in [-0.1, -0.05) is 0 Å². The van der Waals surface area contributed by atoms with E-state index >= 15 is 0 Å². The Morgan fingerprint density at radius 2 is 2.00 bits per heavy atom. The standard InChI is InChI=1S/C18H28N4O2/c1-14-16(12-22(20-14)15-4-10-24-11-5-15)19-17(23)18-6-2-8-21(13-18)9-3-7-18/h12,15H,2-11,13H2,1H3,(H,19,23). The zero-order chi connectivity index (χ0) is 16.6. The highest BCUT2D eigenvalue weighted by Crippen LogP contribution is 2.39. The molecule has 0 spiro atoms. The second-order valence-electron chi connectivity index (χ2n) is 7.67. The molecule has 3 aliphatic rings. The second-order valence-corrected chi connectivity index (χ2v) is 7.67. The van der Waals surface area contributed by atoms with Crippen LogP contribution in [0.5, 0.6) is 0 Å². The first kappa shape index (κ1) is 16.1. The normalized spacial score (nSPS) is 31.0. The van der Waals surface area contributed by atoms with Crippen LogP contribution in [0.4, 0.5) is 5.69 Å². The molecule has 3 saturated heterocycles. The highest BCUT2D eigenvalue weighted by atomic mass is 16.5. The van der Waals surface area contributed by atoms with Gasteiger partial charge in [0.15, 0.2) is 0 Å². The maximum absolute atomic E-state index is 13.0. The van der Waals surface area contributed by atoms with E-state index in [0.29, 0.717) is 6.04 Å². The first-order chi connectivity index (χ1) is 11.7. The van der Waals surface area contributed by atoms with Crippen LogP contribution in [0.15, 0.2) is 6.20 Å². The van der Waals surface area contributed by atoms with Gasteiger partial charge in [0.2, 0.25) is 5.91 Å². The molecular formula is C18H28N4O2. The summed E-state index contributed by atoms with van der Waals surface area (Å²) < 4.78 is 7.46. The van der Waals surface area contributed by atoms with Crippen molar-refractivity contribution in [2.24, 2.45) is 5.41 Å². The summed E-state index contributed by atoms with van der Waals surface area (Å²) in [6.45, 7) is 6.79. The number of hydrogen-bond acceptors (Lipinski definition) is 4. The molecular weight excluding hydrogens is 304 g/mol. The third-order valence-corrected chi connectivity index (χ3v) is 6.00. The Labute approximate surface area is 143 Å². The van der Waals surface area contributed by atoms with Gasteiger partial charge in [-0.2, -0.15) is 5.10 Å². The third-order valence-electron chi connectivity index (χ3n) is 6.00. The number of amides is 1. The lowest BCUT2D eigenvalue weighted by molar-refractivity contribution is -0.131. The van der Waals surface area contributed by atoms with Crippen LogP contribution in [0.2, 0.25) is 0 Å². The van der Waals surface area contributed by atoms with Gasteiger partial charge in [-0.25, -0.2) is 0 Å². The maximum atomic E-state index is 13.0. The average molecular weight is 332 g/mol. The third kappa shape index (κ3) is 2.97. The maximum Gasteiger partial charge on any atom is 0.231 e. The number of aromatic nitrogens is 2. The van der Waals surface area contributed by atoms with Crippen LogP contribution >= 0.6 is 0 Å².